The molecule has 24 heavy (non-hydrogen) atoms. The summed E-state index contributed by atoms with van der Waals surface area (Å²) in [5, 5.41) is 0. The first-order valence-electron chi connectivity index (χ1n) is 7.61. The van der Waals surface area contributed by atoms with E-state index in [1.54, 1.807) is 16.5 Å². The Labute approximate surface area is 148 Å². The maximum Gasteiger partial charge on any atom is 0.502 e. The second-order valence-corrected chi connectivity index (χ2v) is 5.45. The van der Waals surface area contributed by atoms with E-state index in [9.17, 15) is 4.79 Å². The molecule has 1 aromatic heterocycles. The minimum absolute atomic E-state index is 0. The Balaban J connectivity index is 0.00000208. The number of hydrogen-bond acceptors (Lipinski definition) is 1. The molecule has 0 unspecified atom stereocenters. The third-order valence-corrected chi connectivity index (χ3v) is 3.80. The molecule has 3 rings (SSSR count). The van der Waals surface area contributed by atoms with Gasteiger partial charge in [-0.3, -0.25) is 0 Å². The molecule has 2 aromatic carbocycles. The average Bonchev–Trinajstić information content (AvgIpc) is 2.63. The number of pyridine rings is 1. The molecule has 1 heterocycles. The Bertz CT molecular complexity index is 774. The molecule has 3 nitrogen and oxygen atoms in total. The number of nitrogens with zero attached hydrogens (tertiary/aromatic N) is 2. The molecule has 0 saturated heterocycles. The van der Waals surface area contributed by atoms with Crippen LogP contribution in [0.4, 0.5) is 10.5 Å². The summed E-state index contributed by atoms with van der Waals surface area (Å²) in [5.41, 5.74) is 3.32. The molecular weight excluding hydrogens is 320 g/mol. The summed E-state index contributed by atoms with van der Waals surface area (Å²) in [7, 11) is 1.78. The predicted octanol–water partition coefficient (Wildman–Crippen LogP) is 0.673. The highest BCUT2D eigenvalue weighted by Gasteiger charge is 2.21. The van der Waals surface area contributed by atoms with E-state index in [1.165, 1.54) is 11.1 Å². The van der Waals surface area contributed by atoms with E-state index in [0.29, 0.717) is 0 Å². The van der Waals surface area contributed by atoms with Crippen LogP contribution in [0.15, 0.2) is 85.2 Å². The largest absolute Gasteiger partial charge is 1.00 e. The number of aromatic nitrogens is 1. The van der Waals surface area contributed by atoms with E-state index in [1.807, 2.05) is 73.1 Å². The van der Waals surface area contributed by atoms with Crippen molar-refractivity contribution >= 4 is 11.7 Å². The fraction of sp³-hybridized carbons (Fsp3) is 0.100. The first kappa shape index (κ1) is 17.7. The van der Waals surface area contributed by atoms with Crippen molar-refractivity contribution in [3.63, 3.8) is 0 Å². The smallest absolute Gasteiger partial charge is 0.502 e. The Kier molecular flexibility index (Phi) is 6.10. The number of benzene rings is 2. The van der Waals surface area contributed by atoms with E-state index in [4.69, 9.17) is 0 Å². The Hall–Kier alpha value is -2.65. The van der Waals surface area contributed by atoms with Crippen LogP contribution in [0.2, 0.25) is 0 Å². The molecule has 0 atom stereocenters. The molecule has 0 radical (unpaired) electrons. The van der Waals surface area contributed by atoms with E-state index >= 15 is 0 Å². The van der Waals surface area contributed by atoms with Crippen LogP contribution >= 0.6 is 0 Å². The number of halogens is 1. The quantitative estimate of drug-likeness (QED) is 0.644. The number of carbonyl (C=O) groups is 1. The fourth-order valence-electron chi connectivity index (χ4n) is 2.47. The van der Waals surface area contributed by atoms with E-state index in [-0.39, 0.29) is 18.4 Å². The van der Waals surface area contributed by atoms with Gasteiger partial charge in [-0.2, -0.15) is 14.3 Å². The van der Waals surface area contributed by atoms with Gasteiger partial charge >= 0.3 is 6.03 Å². The number of para-hydroxylation sites is 1. The summed E-state index contributed by atoms with van der Waals surface area (Å²) >= 11 is 0. The molecule has 0 aliphatic carbocycles. The van der Waals surface area contributed by atoms with Crippen molar-refractivity contribution in [1.82, 2.24) is 0 Å². The van der Waals surface area contributed by atoms with Crippen LogP contribution in [0.5, 0.6) is 0 Å². The molecule has 3 aromatic rings. The first-order chi connectivity index (χ1) is 11.2. The highest BCUT2D eigenvalue weighted by atomic mass is 35.5. The first-order valence-corrected chi connectivity index (χ1v) is 7.61. The Morgan fingerprint density at radius 2 is 1.33 bits per heavy atom. The van der Waals surface area contributed by atoms with Gasteiger partial charge in [0.15, 0.2) is 0 Å². The van der Waals surface area contributed by atoms with E-state index < -0.39 is 0 Å². The van der Waals surface area contributed by atoms with Crippen LogP contribution in [0.25, 0.3) is 0 Å². The molecule has 0 aliphatic rings. The zero-order valence-corrected chi connectivity index (χ0v) is 14.2. The standard InChI is InChI=1S/C20H19N2O.ClH/c1-21(19-10-6-3-7-11-19)20(23)22-14-12-18(13-15-22)16-17-8-4-2-5-9-17;/h2-15H,16H2,1H3;1H/q+1;/p-1. The molecule has 0 saturated carbocycles. The van der Waals surface area contributed by atoms with Crippen molar-refractivity contribution in [2.45, 2.75) is 6.42 Å². The molecule has 0 N–H and O–H groups in total. The molecule has 1 amide bonds. The van der Waals surface area contributed by atoms with Gasteiger partial charge in [-0.05, 0) is 41.8 Å². The number of anilines is 1. The lowest BCUT2D eigenvalue weighted by molar-refractivity contribution is -0.569. The highest BCUT2D eigenvalue weighted by molar-refractivity contribution is 5.84. The summed E-state index contributed by atoms with van der Waals surface area (Å²) in [6.45, 7) is 0. The number of rotatable bonds is 3. The monoisotopic (exact) mass is 338 g/mol. The SMILES string of the molecule is CN(C(=O)[n+]1ccc(Cc2ccccc2)cc1)c1ccccc1.[Cl-]. The third kappa shape index (κ3) is 4.21. The highest BCUT2D eigenvalue weighted by Crippen LogP contribution is 2.11. The topological polar surface area (TPSA) is 24.2 Å². The van der Waals surface area contributed by atoms with Gasteiger partial charge in [0.2, 0.25) is 0 Å². The zero-order valence-electron chi connectivity index (χ0n) is 13.5. The normalized spacial score (nSPS) is 9.88. The molecule has 0 spiro atoms. The van der Waals surface area contributed by atoms with E-state index in [2.05, 4.69) is 12.1 Å². The van der Waals surface area contributed by atoms with Gasteiger partial charge in [0.1, 0.15) is 5.69 Å². The van der Waals surface area contributed by atoms with Crippen molar-refractivity contribution < 1.29 is 21.8 Å². The fourth-order valence-corrected chi connectivity index (χ4v) is 2.47. The molecule has 4 heteroatoms. The lowest BCUT2D eigenvalue weighted by Gasteiger charge is -2.09. The van der Waals surface area contributed by atoms with Gasteiger partial charge in [-0.15, -0.1) is 0 Å². The Morgan fingerprint density at radius 1 is 0.833 bits per heavy atom. The van der Waals surface area contributed by atoms with Crippen molar-refractivity contribution in [3.05, 3.63) is 96.3 Å². The summed E-state index contributed by atoms with van der Waals surface area (Å²) < 4.78 is 1.60. The minimum atomic E-state index is -0.0811. The van der Waals surface area contributed by atoms with E-state index in [0.717, 1.165) is 12.1 Å². The average molecular weight is 339 g/mol. The van der Waals surface area contributed by atoms with Crippen molar-refractivity contribution in [2.75, 3.05) is 11.9 Å². The molecule has 122 valence electrons. The predicted molar refractivity (Wildman–Crippen MR) is 91.5 cm³/mol. The second kappa shape index (κ2) is 8.27. The zero-order chi connectivity index (χ0) is 16.1. The van der Waals surface area contributed by atoms with Gasteiger partial charge in [-0.25, -0.2) is 0 Å². The van der Waals surface area contributed by atoms with Gasteiger partial charge < -0.3 is 12.4 Å². The lowest BCUT2D eigenvalue weighted by atomic mass is 10.1. The lowest BCUT2D eigenvalue weighted by Crippen LogP contribution is -3.00. The number of amides is 1. The second-order valence-electron chi connectivity index (χ2n) is 5.45. The summed E-state index contributed by atoms with van der Waals surface area (Å²) in [6.07, 6.45) is 4.50. The number of hydrogen-bond donors (Lipinski definition) is 0. The van der Waals surface area contributed by atoms with Crippen LogP contribution in [0.3, 0.4) is 0 Å². The van der Waals surface area contributed by atoms with Crippen molar-refractivity contribution in [3.8, 4) is 0 Å². The third-order valence-electron chi connectivity index (χ3n) is 3.80. The molecule has 0 aliphatic heterocycles. The van der Waals surface area contributed by atoms with Gasteiger partial charge in [-0.1, -0.05) is 48.5 Å². The molecule has 0 bridgehead atoms. The summed E-state index contributed by atoms with van der Waals surface area (Å²) in [5.74, 6) is 0. The van der Waals surface area contributed by atoms with Crippen molar-refractivity contribution in [2.24, 2.45) is 0 Å². The summed E-state index contributed by atoms with van der Waals surface area (Å²) in [4.78, 5) is 14.1. The van der Waals surface area contributed by atoms with Crippen LogP contribution in [0, 0.1) is 0 Å². The maximum atomic E-state index is 12.5. The summed E-state index contributed by atoms with van der Waals surface area (Å²) in [6, 6.07) is 23.8. The van der Waals surface area contributed by atoms with Crippen LogP contribution in [-0.4, -0.2) is 13.1 Å². The van der Waals surface area contributed by atoms with Crippen LogP contribution < -0.4 is 21.9 Å². The van der Waals surface area contributed by atoms with Crippen LogP contribution in [-0.2, 0) is 6.42 Å². The molecule has 0 fully saturated rings. The maximum absolute atomic E-state index is 12.5. The number of carbonyl (C=O) groups excluding carboxylic acids is 1. The van der Waals surface area contributed by atoms with Crippen molar-refractivity contribution in [1.29, 1.82) is 0 Å². The molecular formula is C20H19ClN2O. The van der Waals surface area contributed by atoms with Crippen LogP contribution in [0.1, 0.15) is 11.1 Å². The van der Waals surface area contributed by atoms with Gasteiger partial charge in [0, 0.05) is 0 Å². The van der Waals surface area contributed by atoms with Gasteiger partial charge in [0.05, 0.1) is 19.4 Å². The minimum Gasteiger partial charge on any atom is -1.00 e. The Morgan fingerprint density at radius 3 is 1.92 bits per heavy atom. The van der Waals surface area contributed by atoms with Gasteiger partial charge in [0.25, 0.3) is 0 Å².